The van der Waals surface area contributed by atoms with Crippen molar-refractivity contribution in [3.05, 3.63) is 28.8 Å². The Labute approximate surface area is 125 Å². The summed E-state index contributed by atoms with van der Waals surface area (Å²) >= 11 is 6.11. The number of benzene rings is 1. The third kappa shape index (κ3) is 6.15. The molecule has 2 amide bonds. The zero-order valence-electron chi connectivity index (χ0n) is 12.5. The lowest BCUT2D eigenvalue weighted by Crippen LogP contribution is -2.46. The summed E-state index contributed by atoms with van der Waals surface area (Å²) in [7, 11) is 0. The van der Waals surface area contributed by atoms with Crippen molar-refractivity contribution < 1.29 is 9.53 Å². The molecule has 0 atom stereocenters. The van der Waals surface area contributed by atoms with Crippen molar-refractivity contribution in [2.24, 2.45) is 0 Å². The number of halogens is 1. The van der Waals surface area contributed by atoms with Crippen LogP contribution < -0.4 is 15.4 Å². The van der Waals surface area contributed by atoms with Crippen LogP contribution in [0.1, 0.15) is 33.3 Å². The van der Waals surface area contributed by atoms with E-state index in [4.69, 9.17) is 16.3 Å². The van der Waals surface area contributed by atoms with Crippen LogP contribution >= 0.6 is 11.6 Å². The van der Waals surface area contributed by atoms with Gasteiger partial charge in [-0.15, -0.1) is 0 Å². The summed E-state index contributed by atoms with van der Waals surface area (Å²) in [4.78, 5) is 11.6. The molecule has 1 rings (SSSR count). The molecule has 0 bridgehead atoms. The van der Waals surface area contributed by atoms with E-state index in [-0.39, 0.29) is 11.6 Å². The number of carbonyl (C=O) groups is 1. The standard InChI is InChI=1S/C15H23ClN2O2/c1-5-20-13-7-6-11(10-12(13)16)8-9-17-14(19)18-15(2,3)4/h6-7,10H,5,8-9H2,1-4H3,(H2,17,18,19). The third-order valence-electron chi connectivity index (χ3n) is 2.48. The maximum Gasteiger partial charge on any atom is 0.315 e. The lowest BCUT2D eigenvalue weighted by atomic mass is 10.1. The van der Waals surface area contributed by atoms with Crippen molar-refractivity contribution in [3.63, 3.8) is 0 Å². The number of nitrogens with one attached hydrogen (secondary N) is 2. The van der Waals surface area contributed by atoms with Gasteiger partial charge < -0.3 is 15.4 Å². The fourth-order valence-electron chi connectivity index (χ4n) is 1.68. The predicted octanol–water partition coefficient (Wildman–Crippen LogP) is 3.38. The van der Waals surface area contributed by atoms with Crippen LogP contribution in [0.4, 0.5) is 4.79 Å². The van der Waals surface area contributed by atoms with Gasteiger partial charge in [-0.1, -0.05) is 17.7 Å². The highest BCUT2D eigenvalue weighted by atomic mass is 35.5. The highest BCUT2D eigenvalue weighted by Crippen LogP contribution is 2.25. The fourth-order valence-corrected chi connectivity index (χ4v) is 1.94. The number of urea groups is 1. The quantitative estimate of drug-likeness (QED) is 0.875. The highest BCUT2D eigenvalue weighted by molar-refractivity contribution is 6.32. The molecule has 0 spiro atoms. The van der Waals surface area contributed by atoms with Gasteiger partial charge in [0.15, 0.2) is 0 Å². The maximum atomic E-state index is 11.6. The van der Waals surface area contributed by atoms with Crippen LogP contribution in [0, 0.1) is 0 Å². The minimum atomic E-state index is -0.230. The summed E-state index contributed by atoms with van der Waals surface area (Å²) in [5, 5.41) is 6.27. The largest absolute Gasteiger partial charge is 0.492 e. The molecule has 1 aromatic carbocycles. The van der Waals surface area contributed by atoms with Gasteiger partial charge in [0.25, 0.3) is 0 Å². The van der Waals surface area contributed by atoms with Gasteiger partial charge in [0.2, 0.25) is 0 Å². The normalized spacial score (nSPS) is 11.1. The lowest BCUT2D eigenvalue weighted by molar-refractivity contribution is 0.232. The van der Waals surface area contributed by atoms with E-state index in [0.717, 1.165) is 12.0 Å². The molecule has 0 fully saturated rings. The van der Waals surface area contributed by atoms with Crippen molar-refractivity contribution >= 4 is 17.6 Å². The second-order valence-corrected chi connectivity index (χ2v) is 5.99. The molecule has 1 aromatic rings. The molecular formula is C15H23ClN2O2. The van der Waals surface area contributed by atoms with Gasteiger partial charge in [-0.2, -0.15) is 0 Å². The van der Waals surface area contributed by atoms with Gasteiger partial charge in [0, 0.05) is 12.1 Å². The molecule has 0 unspecified atom stereocenters. The van der Waals surface area contributed by atoms with Gasteiger partial charge in [0.1, 0.15) is 5.75 Å². The minimum absolute atomic E-state index is 0.158. The zero-order chi connectivity index (χ0) is 15.2. The van der Waals surface area contributed by atoms with Crippen molar-refractivity contribution in [3.8, 4) is 5.75 Å². The van der Waals surface area contributed by atoms with E-state index >= 15 is 0 Å². The summed E-state index contributed by atoms with van der Waals surface area (Å²) < 4.78 is 5.38. The first kappa shape index (κ1) is 16.6. The molecule has 5 heteroatoms. The van der Waals surface area contributed by atoms with Crippen LogP contribution in [0.25, 0.3) is 0 Å². The van der Waals surface area contributed by atoms with Crippen LogP contribution in [0.5, 0.6) is 5.75 Å². The number of rotatable bonds is 5. The van der Waals surface area contributed by atoms with E-state index in [1.54, 1.807) is 0 Å². The second-order valence-electron chi connectivity index (χ2n) is 5.58. The van der Waals surface area contributed by atoms with E-state index in [1.165, 1.54) is 0 Å². The van der Waals surface area contributed by atoms with E-state index in [2.05, 4.69) is 10.6 Å². The molecule has 112 valence electrons. The molecule has 0 heterocycles. The first-order valence-corrected chi connectivity index (χ1v) is 7.17. The van der Waals surface area contributed by atoms with Gasteiger partial charge in [-0.25, -0.2) is 4.79 Å². The Bertz CT molecular complexity index is 456. The van der Waals surface area contributed by atoms with Crippen molar-refractivity contribution in [1.82, 2.24) is 10.6 Å². The summed E-state index contributed by atoms with van der Waals surface area (Å²) in [5.74, 6) is 0.691. The van der Waals surface area contributed by atoms with Crippen molar-refractivity contribution in [2.45, 2.75) is 39.7 Å². The summed E-state index contributed by atoms with van der Waals surface area (Å²) in [6, 6.07) is 5.53. The highest BCUT2D eigenvalue weighted by Gasteiger charge is 2.12. The Hall–Kier alpha value is -1.42. The average molecular weight is 299 g/mol. The van der Waals surface area contributed by atoms with Crippen LogP contribution in [0.3, 0.4) is 0 Å². The number of hydrogen-bond acceptors (Lipinski definition) is 2. The molecule has 0 aliphatic rings. The molecule has 20 heavy (non-hydrogen) atoms. The Morgan fingerprint density at radius 3 is 2.60 bits per heavy atom. The predicted molar refractivity (Wildman–Crippen MR) is 82.6 cm³/mol. The lowest BCUT2D eigenvalue weighted by Gasteiger charge is -2.20. The number of hydrogen-bond donors (Lipinski definition) is 2. The van der Waals surface area contributed by atoms with E-state index in [0.29, 0.717) is 23.9 Å². The molecule has 0 aliphatic carbocycles. The zero-order valence-corrected chi connectivity index (χ0v) is 13.3. The Morgan fingerprint density at radius 1 is 1.35 bits per heavy atom. The van der Waals surface area contributed by atoms with Crippen molar-refractivity contribution in [2.75, 3.05) is 13.2 Å². The van der Waals surface area contributed by atoms with Crippen LogP contribution in [0.15, 0.2) is 18.2 Å². The number of ether oxygens (including phenoxy) is 1. The SMILES string of the molecule is CCOc1ccc(CCNC(=O)NC(C)(C)C)cc1Cl. The second kappa shape index (κ2) is 7.39. The Kier molecular flexibility index (Phi) is 6.14. The third-order valence-corrected chi connectivity index (χ3v) is 2.78. The van der Waals surface area contributed by atoms with E-state index in [9.17, 15) is 4.79 Å². The Morgan fingerprint density at radius 2 is 2.05 bits per heavy atom. The summed E-state index contributed by atoms with van der Waals surface area (Å²) in [6.45, 7) is 8.90. The van der Waals surface area contributed by atoms with Gasteiger partial charge >= 0.3 is 6.03 Å². The Balaban J connectivity index is 2.43. The monoisotopic (exact) mass is 298 g/mol. The number of carbonyl (C=O) groups excluding carboxylic acids is 1. The molecule has 0 aromatic heterocycles. The van der Waals surface area contributed by atoms with Crippen LogP contribution in [-0.2, 0) is 6.42 Å². The summed E-state index contributed by atoms with van der Waals surface area (Å²) in [5.41, 5.74) is 0.835. The summed E-state index contributed by atoms with van der Waals surface area (Å²) in [6.07, 6.45) is 0.726. The van der Waals surface area contributed by atoms with Crippen LogP contribution in [-0.4, -0.2) is 24.7 Å². The van der Waals surface area contributed by atoms with Crippen molar-refractivity contribution in [1.29, 1.82) is 0 Å². The molecule has 0 aliphatic heterocycles. The molecule has 0 saturated carbocycles. The van der Waals surface area contributed by atoms with Gasteiger partial charge in [0.05, 0.1) is 11.6 Å². The maximum absolute atomic E-state index is 11.6. The fraction of sp³-hybridized carbons (Fsp3) is 0.533. The molecular weight excluding hydrogens is 276 g/mol. The van der Waals surface area contributed by atoms with Crippen LogP contribution in [0.2, 0.25) is 5.02 Å². The average Bonchev–Trinajstić information content (AvgIpc) is 2.30. The van der Waals surface area contributed by atoms with E-state index in [1.807, 2.05) is 45.9 Å². The van der Waals surface area contributed by atoms with Gasteiger partial charge in [-0.05, 0) is 51.8 Å². The minimum Gasteiger partial charge on any atom is -0.492 e. The topological polar surface area (TPSA) is 50.4 Å². The first-order chi connectivity index (χ1) is 9.31. The molecule has 2 N–H and O–H groups in total. The number of amides is 2. The van der Waals surface area contributed by atoms with E-state index < -0.39 is 0 Å². The van der Waals surface area contributed by atoms with Gasteiger partial charge in [-0.3, -0.25) is 0 Å². The molecule has 0 saturated heterocycles. The first-order valence-electron chi connectivity index (χ1n) is 6.79. The molecule has 0 radical (unpaired) electrons. The molecule has 4 nitrogen and oxygen atoms in total. The smallest absolute Gasteiger partial charge is 0.315 e.